The quantitative estimate of drug-likeness (QED) is 0.352. The van der Waals surface area contributed by atoms with Crippen molar-refractivity contribution in [1.82, 2.24) is 15.5 Å². The fourth-order valence-electron chi connectivity index (χ4n) is 3.10. The van der Waals surface area contributed by atoms with Gasteiger partial charge in [-0.3, -0.25) is 4.99 Å². The molecule has 1 aromatic rings. The molecule has 0 saturated carbocycles. The largest absolute Gasteiger partial charge is 0.381 e. The molecule has 0 unspecified atom stereocenters. The summed E-state index contributed by atoms with van der Waals surface area (Å²) in [6.07, 6.45) is 3.25. The molecular weight excluding hydrogens is 340 g/mol. The number of aliphatic imine (C=N–C) groups is 1. The standard InChI is InChI=1S/C21H36N4O2/c1-22-21(23-11-6-14-27-18-20-9-15-26-16-10-20)24-12-13-25(2)17-19-7-4-3-5-8-19/h3-5,7-8,20H,6,9-18H2,1-2H3,(H2,22,23,24). The Morgan fingerprint density at radius 3 is 2.67 bits per heavy atom. The van der Waals surface area contributed by atoms with Crippen molar-refractivity contribution in [3.63, 3.8) is 0 Å². The van der Waals surface area contributed by atoms with Gasteiger partial charge in [-0.15, -0.1) is 0 Å². The number of benzene rings is 1. The lowest BCUT2D eigenvalue weighted by Gasteiger charge is -2.21. The van der Waals surface area contributed by atoms with Crippen molar-refractivity contribution in [2.45, 2.75) is 25.8 Å². The lowest BCUT2D eigenvalue weighted by molar-refractivity contribution is 0.0203. The normalized spacial score (nSPS) is 15.9. The van der Waals surface area contributed by atoms with Gasteiger partial charge in [-0.25, -0.2) is 0 Å². The minimum atomic E-state index is 0.675. The van der Waals surface area contributed by atoms with E-state index >= 15 is 0 Å². The van der Waals surface area contributed by atoms with Crippen LogP contribution in [0.15, 0.2) is 35.3 Å². The minimum Gasteiger partial charge on any atom is -0.381 e. The van der Waals surface area contributed by atoms with E-state index < -0.39 is 0 Å². The Morgan fingerprint density at radius 2 is 1.93 bits per heavy atom. The van der Waals surface area contributed by atoms with Gasteiger partial charge in [-0.2, -0.15) is 0 Å². The molecule has 2 rings (SSSR count). The average molecular weight is 377 g/mol. The zero-order valence-electron chi connectivity index (χ0n) is 17.0. The summed E-state index contributed by atoms with van der Waals surface area (Å²) >= 11 is 0. The number of nitrogens with one attached hydrogen (secondary N) is 2. The van der Waals surface area contributed by atoms with Crippen molar-refractivity contribution in [1.29, 1.82) is 0 Å². The number of hydrogen-bond donors (Lipinski definition) is 2. The third kappa shape index (κ3) is 9.75. The van der Waals surface area contributed by atoms with Crippen molar-refractivity contribution in [3.8, 4) is 0 Å². The fraction of sp³-hybridized carbons (Fsp3) is 0.667. The molecule has 1 heterocycles. The van der Waals surface area contributed by atoms with Crippen LogP contribution in [0, 0.1) is 5.92 Å². The van der Waals surface area contributed by atoms with E-state index in [4.69, 9.17) is 9.47 Å². The van der Waals surface area contributed by atoms with Gasteiger partial charge in [0, 0.05) is 59.7 Å². The van der Waals surface area contributed by atoms with Gasteiger partial charge < -0.3 is 25.0 Å². The average Bonchev–Trinajstić information content (AvgIpc) is 2.70. The number of ether oxygens (including phenoxy) is 2. The number of rotatable bonds is 11. The first-order valence-electron chi connectivity index (χ1n) is 10.1. The summed E-state index contributed by atoms with van der Waals surface area (Å²) in [7, 11) is 3.95. The van der Waals surface area contributed by atoms with Gasteiger partial charge in [0.05, 0.1) is 0 Å². The van der Waals surface area contributed by atoms with Crippen LogP contribution in [0.2, 0.25) is 0 Å². The highest BCUT2D eigenvalue weighted by atomic mass is 16.5. The maximum absolute atomic E-state index is 5.80. The highest BCUT2D eigenvalue weighted by Gasteiger charge is 2.13. The van der Waals surface area contributed by atoms with Crippen molar-refractivity contribution < 1.29 is 9.47 Å². The monoisotopic (exact) mass is 376 g/mol. The molecule has 1 fully saturated rings. The van der Waals surface area contributed by atoms with E-state index in [0.717, 1.165) is 77.8 Å². The van der Waals surface area contributed by atoms with Crippen LogP contribution in [-0.4, -0.2) is 71.0 Å². The number of hydrogen-bond acceptors (Lipinski definition) is 4. The first kappa shape index (κ1) is 21.7. The van der Waals surface area contributed by atoms with Crippen LogP contribution in [0.1, 0.15) is 24.8 Å². The van der Waals surface area contributed by atoms with E-state index in [1.54, 1.807) is 0 Å². The van der Waals surface area contributed by atoms with Gasteiger partial charge in [0.25, 0.3) is 0 Å². The highest BCUT2D eigenvalue weighted by Crippen LogP contribution is 2.14. The summed E-state index contributed by atoms with van der Waals surface area (Å²) < 4.78 is 11.2. The van der Waals surface area contributed by atoms with E-state index in [1.165, 1.54) is 5.56 Å². The molecule has 0 spiro atoms. The number of guanidine groups is 1. The van der Waals surface area contributed by atoms with Crippen LogP contribution in [0.3, 0.4) is 0 Å². The van der Waals surface area contributed by atoms with Gasteiger partial charge >= 0.3 is 0 Å². The van der Waals surface area contributed by atoms with Crippen molar-refractivity contribution in [2.75, 3.05) is 60.2 Å². The molecule has 6 heteroatoms. The van der Waals surface area contributed by atoms with Gasteiger partial charge in [-0.05, 0) is 37.8 Å². The molecule has 6 nitrogen and oxygen atoms in total. The van der Waals surface area contributed by atoms with Gasteiger partial charge in [0.2, 0.25) is 0 Å². The zero-order chi connectivity index (χ0) is 19.2. The highest BCUT2D eigenvalue weighted by molar-refractivity contribution is 5.79. The predicted octanol–water partition coefficient (Wildman–Crippen LogP) is 2.12. The molecule has 1 aromatic carbocycles. The SMILES string of the molecule is CN=C(NCCCOCC1CCOCC1)NCCN(C)Cc1ccccc1. The molecule has 1 aliphatic rings. The summed E-state index contributed by atoms with van der Waals surface area (Å²) in [4.78, 5) is 6.59. The minimum absolute atomic E-state index is 0.675. The lowest BCUT2D eigenvalue weighted by Crippen LogP contribution is -2.41. The Bertz CT molecular complexity index is 518. The zero-order valence-corrected chi connectivity index (χ0v) is 17.0. The molecule has 1 saturated heterocycles. The Kier molecular flexibility index (Phi) is 10.9. The topological polar surface area (TPSA) is 58.1 Å². The Morgan fingerprint density at radius 1 is 1.19 bits per heavy atom. The van der Waals surface area contributed by atoms with E-state index in [1.807, 2.05) is 7.05 Å². The molecule has 0 amide bonds. The van der Waals surface area contributed by atoms with Crippen LogP contribution in [-0.2, 0) is 16.0 Å². The maximum atomic E-state index is 5.80. The molecule has 152 valence electrons. The van der Waals surface area contributed by atoms with Crippen LogP contribution in [0.25, 0.3) is 0 Å². The van der Waals surface area contributed by atoms with E-state index in [2.05, 4.69) is 57.9 Å². The van der Waals surface area contributed by atoms with E-state index in [-0.39, 0.29) is 0 Å². The smallest absolute Gasteiger partial charge is 0.191 e. The Balaban J connectivity index is 1.47. The van der Waals surface area contributed by atoms with Crippen molar-refractivity contribution in [3.05, 3.63) is 35.9 Å². The Labute approximate surface area is 164 Å². The molecular formula is C21H36N4O2. The van der Waals surface area contributed by atoms with Crippen LogP contribution in [0.4, 0.5) is 0 Å². The molecule has 27 heavy (non-hydrogen) atoms. The first-order valence-corrected chi connectivity index (χ1v) is 10.1. The molecule has 2 N–H and O–H groups in total. The third-order valence-electron chi connectivity index (χ3n) is 4.76. The van der Waals surface area contributed by atoms with Crippen LogP contribution < -0.4 is 10.6 Å². The summed E-state index contributed by atoms with van der Waals surface area (Å²) in [6.45, 7) is 7.08. The fourth-order valence-corrected chi connectivity index (χ4v) is 3.10. The lowest BCUT2D eigenvalue weighted by atomic mass is 10.0. The van der Waals surface area contributed by atoms with Gasteiger partial charge in [0.15, 0.2) is 5.96 Å². The van der Waals surface area contributed by atoms with Gasteiger partial charge in [-0.1, -0.05) is 30.3 Å². The Hall–Kier alpha value is -1.63. The third-order valence-corrected chi connectivity index (χ3v) is 4.76. The van der Waals surface area contributed by atoms with E-state index in [0.29, 0.717) is 5.92 Å². The molecule has 0 aromatic heterocycles. The number of nitrogens with zero attached hydrogens (tertiary/aromatic N) is 2. The molecule has 0 bridgehead atoms. The molecule has 0 aliphatic carbocycles. The summed E-state index contributed by atoms with van der Waals surface area (Å²) in [6, 6.07) is 10.5. The van der Waals surface area contributed by atoms with Crippen LogP contribution >= 0.6 is 0 Å². The van der Waals surface area contributed by atoms with E-state index in [9.17, 15) is 0 Å². The predicted molar refractivity (Wildman–Crippen MR) is 111 cm³/mol. The summed E-state index contributed by atoms with van der Waals surface area (Å²) in [5.41, 5.74) is 1.34. The molecule has 1 aliphatic heterocycles. The van der Waals surface area contributed by atoms with Crippen molar-refractivity contribution in [2.24, 2.45) is 10.9 Å². The first-order chi connectivity index (χ1) is 13.3. The molecule has 0 atom stereocenters. The second-order valence-corrected chi connectivity index (χ2v) is 7.13. The van der Waals surface area contributed by atoms with Gasteiger partial charge in [0.1, 0.15) is 0 Å². The summed E-state index contributed by atoms with van der Waals surface area (Å²) in [5.74, 6) is 1.53. The van der Waals surface area contributed by atoms with Crippen molar-refractivity contribution >= 4 is 5.96 Å². The number of likely N-dealkylation sites (N-methyl/N-ethyl adjacent to an activating group) is 1. The van der Waals surface area contributed by atoms with Crippen LogP contribution in [0.5, 0.6) is 0 Å². The molecule has 0 radical (unpaired) electrons. The second-order valence-electron chi connectivity index (χ2n) is 7.13. The summed E-state index contributed by atoms with van der Waals surface area (Å²) in [5, 5.41) is 6.72. The maximum Gasteiger partial charge on any atom is 0.191 e. The second kappa shape index (κ2) is 13.5.